The highest BCUT2D eigenvalue weighted by Crippen LogP contribution is 2.12. The average Bonchev–Trinajstić information content (AvgIpc) is 2.16. The highest BCUT2D eigenvalue weighted by atomic mass is 32.2. The van der Waals surface area contributed by atoms with Gasteiger partial charge in [0.05, 0.1) is 12.4 Å². The van der Waals surface area contributed by atoms with Crippen LogP contribution in [0.4, 0.5) is 0 Å². The second-order valence-corrected chi connectivity index (χ2v) is 6.36. The number of nitrogens with two attached hydrogens (primary N) is 1. The normalized spacial score (nSPS) is 23.6. The number of hydrogen-bond donors (Lipinski definition) is 2. The van der Waals surface area contributed by atoms with Gasteiger partial charge in [-0.05, 0) is 5.92 Å². The number of nitrogens with zero attached hydrogens (tertiary/aromatic N) is 1. The van der Waals surface area contributed by atoms with Gasteiger partial charge in [-0.25, -0.2) is 8.42 Å². The molecule has 6 nitrogen and oxygen atoms in total. The Kier molecular flexibility index (Phi) is 4.28. The Hall–Kier alpha value is -0.660. The molecule has 0 aliphatic carbocycles. The molecule has 94 valence electrons. The zero-order valence-electron chi connectivity index (χ0n) is 9.64. The molecule has 1 heterocycles. The van der Waals surface area contributed by atoms with Crippen LogP contribution in [0, 0.1) is 11.3 Å². The highest BCUT2D eigenvalue weighted by molar-refractivity contribution is 7.89. The fourth-order valence-corrected chi connectivity index (χ4v) is 3.36. The summed E-state index contributed by atoms with van der Waals surface area (Å²) in [6.07, 6.45) is -0.601. The topological polar surface area (TPSA) is 96.5 Å². The summed E-state index contributed by atoms with van der Waals surface area (Å²) in [5.41, 5.74) is 5.31. The number of amidine groups is 1. The molecule has 1 fully saturated rings. The van der Waals surface area contributed by atoms with E-state index >= 15 is 0 Å². The molecular formula is C9H19N3O3S. The minimum Gasteiger partial charge on any atom is -0.385 e. The first-order chi connectivity index (χ1) is 7.33. The molecule has 1 aliphatic heterocycles. The number of rotatable bonds is 4. The molecule has 1 aliphatic rings. The molecule has 1 atom stereocenters. The quantitative estimate of drug-likeness (QED) is 0.524. The van der Waals surface area contributed by atoms with E-state index in [-0.39, 0.29) is 24.1 Å². The second kappa shape index (κ2) is 5.11. The molecule has 0 aromatic rings. The van der Waals surface area contributed by atoms with Crippen molar-refractivity contribution in [1.82, 2.24) is 4.31 Å². The van der Waals surface area contributed by atoms with Crippen molar-refractivity contribution in [2.45, 2.75) is 20.0 Å². The summed E-state index contributed by atoms with van der Waals surface area (Å²) in [6.45, 7) is 4.52. The maximum Gasteiger partial charge on any atom is 0.214 e. The van der Waals surface area contributed by atoms with Crippen LogP contribution in [0.1, 0.15) is 13.8 Å². The van der Waals surface area contributed by atoms with E-state index in [1.54, 1.807) is 0 Å². The number of hydrogen-bond acceptors (Lipinski definition) is 4. The van der Waals surface area contributed by atoms with Crippen molar-refractivity contribution in [2.24, 2.45) is 11.7 Å². The average molecular weight is 249 g/mol. The molecule has 0 aromatic carbocycles. The number of morpholine rings is 1. The maximum absolute atomic E-state index is 11.9. The fraction of sp³-hybridized carbons (Fsp3) is 0.889. The standard InChI is InChI=1S/C9H19N3O3S/c1-7(2)6-16(13,14)12-3-4-15-8(5-12)9(10)11/h7-8H,3-6H2,1-2H3,(H3,10,11). The lowest BCUT2D eigenvalue weighted by Gasteiger charge is -2.31. The third kappa shape index (κ3) is 3.43. The van der Waals surface area contributed by atoms with Crippen molar-refractivity contribution in [1.29, 1.82) is 5.41 Å². The van der Waals surface area contributed by atoms with Crippen molar-refractivity contribution < 1.29 is 13.2 Å². The Labute approximate surface area is 96.3 Å². The Balaban J connectivity index is 2.70. The zero-order valence-corrected chi connectivity index (χ0v) is 10.5. The first kappa shape index (κ1) is 13.4. The third-order valence-corrected chi connectivity index (χ3v) is 4.52. The number of ether oxygens (including phenoxy) is 1. The summed E-state index contributed by atoms with van der Waals surface area (Å²) in [4.78, 5) is 0. The molecule has 0 saturated carbocycles. The first-order valence-electron chi connectivity index (χ1n) is 5.26. The van der Waals surface area contributed by atoms with Gasteiger partial charge in [-0.2, -0.15) is 4.31 Å². The molecule has 7 heteroatoms. The van der Waals surface area contributed by atoms with Crippen LogP contribution in [-0.2, 0) is 14.8 Å². The SMILES string of the molecule is CC(C)CS(=O)(=O)N1CCOC(C(=N)N)C1. The summed E-state index contributed by atoms with van der Waals surface area (Å²) in [7, 11) is -3.25. The molecule has 3 N–H and O–H groups in total. The van der Waals surface area contributed by atoms with E-state index in [4.69, 9.17) is 15.9 Å². The van der Waals surface area contributed by atoms with Crippen LogP contribution in [0.5, 0.6) is 0 Å². The summed E-state index contributed by atoms with van der Waals surface area (Å²) in [6, 6.07) is 0. The smallest absolute Gasteiger partial charge is 0.214 e. The Bertz CT molecular complexity index is 353. The van der Waals surface area contributed by atoms with Gasteiger partial charge in [0.15, 0.2) is 0 Å². The van der Waals surface area contributed by atoms with Crippen molar-refractivity contribution in [3.05, 3.63) is 0 Å². The Morgan fingerprint density at radius 2 is 2.25 bits per heavy atom. The van der Waals surface area contributed by atoms with Gasteiger partial charge in [0.2, 0.25) is 10.0 Å². The predicted molar refractivity (Wildman–Crippen MR) is 61.9 cm³/mol. The van der Waals surface area contributed by atoms with E-state index in [9.17, 15) is 8.42 Å². The monoisotopic (exact) mass is 249 g/mol. The predicted octanol–water partition coefficient (Wildman–Crippen LogP) is -0.391. The lowest BCUT2D eigenvalue weighted by Crippen LogP contribution is -2.51. The minimum atomic E-state index is -3.25. The highest BCUT2D eigenvalue weighted by Gasteiger charge is 2.30. The van der Waals surface area contributed by atoms with E-state index in [2.05, 4.69) is 0 Å². The molecule has 1 saturated heterocycles. The molecule has 0 spiro atoms. The van der Waals surface area contributed by atoms with Gasteiger partial charge in [0, 0.05) is 13.1 Å². The van der Waals surface area contributed by atoms with Gasteiger partial charge in [0.25, 0.3) is 0 Å². The molecule has 0 aromatic heterocycles. The van der Waals surface area contributed by atoms with E-state index in [0.717, 1.165) is 0 Å². The minimum absolute atomic E-state index is 0.0867. The van der Waals surface area contributed by atoms with Gasteiger partial charge >= 0.3 is 0 Å². The van der Waals surface area contributed by atoms with Crippen LogP contribution < -0.4 is 5.73 Å². The van der Waals surface area contributed by atoms with Crippen molar-refractivity contribution in [3.63, 3.8) is 0 Å². The Morgan fingerprint density at radius 1 is 1.62 bits per heavy atom. The largest absolute Gasteiger partial charge is 0.385 e. The number of nitrogens with one attached hydrogen (secondary N) is 1. The van der Waals surface area contributed by atoms with Crippen LogP contribution in [0.2, 0.25) is 0 Å². The lowest BCUT2D eigenvalue weighted by atomic mass is 10.3. The fourth-order valence-electron chi connectivity index (χ4n) is 1.59. The second-order valence-electron chi connectivity index (χ2n) is 4.35. The first-order valence-corrected chi connectivity index (χ1v) is 6.87. The molecule has 0 amide bonds. The maximum atomic E-state index is 11.9. The Morgan fingerprint density at radius 3 is 2.75 bits per heavy atom. The van der Waals surface area contributed by atoms with Crippen LogP contribution in [0.3, 0.4) is 0 Å². The summed E-state index contributed by atoms with van der Waals surface area (Å²) < 4.78 is 30.4. The zero-order chi connectivity index (χ0) is 12.3. The number of sulfonamides is 1. The molecule has 0 bridgehead atoms. The molecule has 16 heavy (non-hydrogen) atoms. The summed E-state index contributed by atoms with van der Waals surface area (Å²) in [5, 5.41) is 7.26. The van der Waals surface area contributed by atoms with Gasteiger partial charge in [-0.15, -0.1) is 0 Å². The van der Waals surface area contributed by atoms with E-state index < -0.39 is 16.1 Å². The third-order valence-electron chi connectivity index (χ3n) is 2.31. The summed E-state index contributed by atoms with van der Waals surface area (Å²) in [5.74, 6) is 0.0884. The van der Waals surface area contributed by atoms with Gasteiger partial charge in [-0.1, -0.05) is 13.8 Å². The van der Waals surface area contributed by atoms with Gasteiger partial charge < -0.3 is 10.5 Å². The van der Waals surface area contributed by atoms with E-state index in [1.165, 1.54) is 4.31 Å². The van der Waals surface area contributed by atoms with Crippen LogP contribution in [0.25, 0.3) is 0 Å². The lowest BCUT2D eigenvalue weighted by molar-refractivity contribution is 0.0367. The van der Waals surface area contributed by atoms with Crippen LogP contribution in [0.15, 0.2) is 0 Å². The van der Waals surface area contributed by atoms with Crippen molar-refractivity contribution in [3.8, 4) is 0 Å². The van der Waals surface area contributed by atoms with E-state index in [1.807, 2.05) is 13.8 Å². The van der Waals surface area contributed by atoms with Crippen molar-refractivity contribution in [2.75, 3.05) is 25.4 Å². The van der Waals surface area contributed by atoms with Crippen LogP contribution >= 0.6 is 0 Å². The van der Waals surface area contributed by atoms with Gasteiger partial charge in [0.1, 0.15) is 11.9 Å². The van der Waals surface area contributed by atoms with Gasteiger partial charge in [-0.3, -0.25) is 5.41 Å². The molecule has 1 rings (SSSR count). The van der Waals surface area contributed by atoms with E-state index in [0.29, 0.717) is 13.2 Å². The molecule has 0 radical (unpaired) electrons. The summed E-state index contributed by atoms with van der Waals surface area (Å²) >= 11 is 0. The van der Waals surface area contributed by atoms with Crippen LogP contribution in [-0.4, -0.2) is 50.1 Å². The molecular weight excluding hydrogens is 230 g/mol. The molecule has 1 unspecified atom stereocenters. The van der Waals surface area contributed by atoms with Crippen molar-refractivity contribution >= 4 is 15.9 Å².